The van der Waals surface area contributed by atoms with Gasteiger partial charge in [0.1, 0.15) is 0 Å². The van der Waals surface area contributed by atoms with Crippen LogP contribution in [0.1, 0.15) is 51.7 Å². The monoisotopic (exact) mass is 466 g/mol. The second-order valence-corrected chi connectivity index (χ2v) is 9.17. The molecule has 0 aliphatic heterocycles. The Morgan fingerprint density at radius 1 is 0.680 bits per heavy atom. The van der Waals surface area contributed by atoms with Crippen molar-refractivity contribution >= 4 is 31.9 Å². The molecule has 1 nitrogen and oxygen atoms in total. The molecule has 3 heteroatoms. The molecular formula is C22H28Br2O. The quantitative estimate of drug-likeness (QED) is 0.396. The van der Waals surface area contributed by atoms with Gasteiger partial charge >= 0.3 is 0 Å². The second-order valence-electron chi connectivity index (χ2n) is 7.34. The zero-order valence-corrected chi connectivity index (χ0v) is 18.8. The first-order chi connectivity index (χ1) is 11.8. The average Bonchev–Trinajstić information content (AvgIpc) is 2.62. The molecule has 0 aliphatic carbocycles. The zero-order valence-electron chi connectivity index (χ0n) is 15.6. The molecule has 2 aromatic rings. The molecule has 0 fully saturated rings. The summed E-state index contributed by atoms with van der Waals surface area (Å²) in [5, 5.41) is 0. The minimum absolute atomic E-state index is 0.0368. The van der Waals surface area contributed by atoms with E-state index in [2.05, 4.69) is 108 Å². The highest BCUT2D eigenvalue weighted by atomic mass is 79.9. The van der Waals surface area contributed by atoms with Crippen LogP contribution in [0.4, 0.5) is 0 Å². The number of ether oxygens (including phenoxy) is 1. The Morgan fingerprint density at radius 3 is 1.28 bits per heavy atom. The number of hydrogen-bond acceptors (Lipinski definition) is 1. The fraction of sp³-hybridized carbons (Fsp3) is 0.455. The van der Waals surface area contributed by atoms with Gasteiger partial charge in [-0.2, -0.15) is 0 Å². The number of rotatable bonds is 8. The van der Waals surface area contributed by atoms with E-state index >= 15 is 0 Å². The lowest BCUT2D eigenvalue weighted by molar-refractivity contribution is 0.0510. The van der Waals surface area contributed by atoms with Crippen LogP contribution in [0.2, 0.25) is 0 Å². The van der Waals surface area contributed by atoms with Crippen molar-refractivity contribution in [2.45, 2.75) is 51.4 Å². The topological polar surface area (TPSA) is 9.23 Å². The third-order valence-electron chi connectivity index (χ3n) is 5.48. The maximum absolute atomic E-state index is 6.29. The molecule has 2 atom stereocenters. The van der Waals surface area contributed by atoms with E-state index in [1.54, 1.807) is 0 Å². The number of benzene rings is 2. The third kappa shape index (κ3) is 5.18. The summed E-state index contributed by atoms with van der Waals surface area (Å²) >= 11 is 7.04. The molecule has 0 N–H and O–H groups in total. The van der Waals surface area contributed by atoms with Crippen LogP contribution >= 0.6 is 31.9 Å². The first-order valence-electron chi connectivity index (χ1n) is 8.93. The molecule has 0 spiro atoms. The van der Waals surface area contributed by atoms with Crippen molar-refractivity contribution < 1.29 is 4.74 Å². The van der Waals surface area contributed by atoms with Gasteiger partial charge in [0.25, 0.3) is 0 Å². The highest BCUT2D eigenvalue weighted by molar-refractivity contribution is 9.10. The van der Waals surface area contributed by atoms with Crippen LogP contribution in [0, 0.1) is 0 Å². The van der Waals surface area contributed by atoms with Gasteiger partial charge in [-0.3, -0.25) is 0 Å². The molecule has 25 heavy (non-hydrogen) atoms. The fourth-order valence-corrected chi connectivity index (χ4v) is 3.51. The van der Waals surface area contributed by atoms with Gasteiger partial charge in [0.05, 0.1) is 13.2 Å². The predicted molar refractivity (Wildman–Crippen MR) is 114 cm³/mol. The van der Waals surface area contributed by atoms with E-state index in [4.69, 9.17) is 4.74 Å². The molecule has 2 aromatic carbocycles. The summed E-state index contributed by atoms with van der Waals surface area (Å²) in [6.07, 6.45) is 2.10. The Hall–Kier alpha value is -0.640. The molecular weight excluding hydrogens is 440 g/mol. The summed E-state index contributed by atoms with van der Waals surface area (Å²) in [5.41, 5.74) is 2.74. The summed E-state index contributed by atoms with van der Waals surface area (Å²) in [4.78, 5) is 0. The van der Waals surface area contributed by atoms with Crippen molar-refractivity contribution in [1.29, 1.82) is 0 Å². The van der Waals surface area contributed by atoms with Gasteiger partial charge in [-0.25, -0.2) is 0 Å². The Labute approximate surface area is 169 Å². The fourth-order valence-electron chi connectivity index (χ4n) is 2.99. The van der Waals surface area contributed by atoms with E-state index in [1.807, 2.05) is 0 Å². The molecule has 0 amide bonds. The molecule has 2 rings (SSSR count). The standard InChI is InChI=1S/C22H28Br2O/c1-5-21(3,17-7-11-19(23)12-8-17)15-25-16-22(4,6-2)18-9-13-20(24)14-10-18/h7-14H,5-6,15-16H2,1-4H3. The van der Waals surface area contributed by atoms with Crippen LogP contribution in [0.25, 0.3) is 0 Å². The first-order valence-corrected chi connectivity index (χ1v) is 10.5. The molecule has 0 saturated heterocycles. The van der Waals surface area contributed by atoms with Crippen molar-refractivity contribution in [3.05, 3.63) is 68.6 Å². The van der Waals surface area contributed by atoms with Crippen LogP contribution in [-0.4, -0.2) is 13.2 Å². The van der Waals surface area contributed by atoms with Gasteiger partial charge in [0.15, 0.2) is 0 Å². The van der Waals surface area contributed by atoms with Crippen LogP contribution < -0.4 is 0 Å². The van der Waals surface area contributed by atoms with Gasteiger partial charge in [0, 0.05) is 19.8 Å². The minimum Gasteiger partial charge on any atom is -0.380 e. The molecule has 0 aliphatic rings. The normalized spacial score (nSPS) is 16.2. The Bertz CT molecular complexity index is 606. The van der Waals surface area contributed by atoms with Crippen molar-refractivity contribution in [2.75, 3.05) is 13.2 Å². The molecule has 0 heterocycles. The van der Waals surface area contributed by atoms with E-state index < -0.39 is 0 Å². The SMILES string of the molecule is CCC(C)(COCC(C)(CC)c1ccc(Br)cc1)c1ccc(Br)cc1. The maximum atomic E-state index is 6.29. The first kappa shape index (κ1) is 20.7. The molecule has 0 saturated carbocycles. The largest absolute Gasteiger partial charge is 0.380 e. The van der Waals surface area contributed by atoms with E-state index in [0.717, 1.165) is 35.0 Å². The molecule has 0 radical (unpaired) electrons. The third-order valence-corrected chi connectivity index (χ3v) is 6.54. The lowest BCUT2D eigenvalue weighted by atomic mass is 9.79. The lowest BCUT2D eigenvalue weighted by Crippen LogP contribution is -2.33. The van der Waals surface area contributed by atoms with Crippen molar-refractivity contribution in [2.24, 2.45) is 0 Å². The van der Waals surface area contributed by atoms with Gasteiger partial charge in [-0.1, -0.05) is 83.8 Å². The zero-order chi connectivity index (χ0) is 18.5. The average molecular weight is 468 g/mol. The summed E-state index contributed by atoms with van der Waals surface area (Å²) in [6, 6.07) is 17.2. The molecule has 2 unspecified atom stereocenters. The van der Waals surface area contributed by atoms with Crippen molar-refractivity contribution in [3.8, 4) is 0 Å². The number of halogens is 2. The van der Waals surface area contributed by atoms with Crippen LogP contribution in [-0.2, 0) is 15.6 Å². The molecule has 0 aromatic heterocycles. The van der Waals surface area contributed by atoms with Gasteiger partial charge < -0.3 is 4.74 Å². The van der Waals surface area contributed by atoms with E-state index in [9.17, 15) is 0 Å². The van der Waals surface area contributed by atoms with Crippen molar-refractivity contribution in [3.63, 3.8) is 0 Å². The van der Waals surface area contributed by atoms with Crippen LogP contribution in [0.5, 0.6) is 0 Å². The second kappa shape index (κ2) is 8.83. The molecule has 136 valence electrons. The maximum Gasteiger partial charge on any atom is 0.0560 e. The summed E-state index contributed by atoms with van der Waals surface area (Å²) in [7, 11) is 0. The summed E-state index contributed by atoms with van der Waals surface area (Å²) in [5.74, 6) is 0. The van der Waals surface area contributed by atoms with Crippen LogP contribution in [0.3, 0.4) is 0 Å². The lowest BCUT2D eigenvalue weighted by Gasteiger charge is -2.33. The predicted octanol–water partition coefficient (Wildman–Crippen LogP) is 7.26. The van der Waals surface area contributed by atoms with E-state index in [1.165, 1.54) is 11.1 Å². The molecule has 0 bridgehead atoms. The van der Waals surface area contributed by atoms with Gasteiger partial charge in [0.2, 0.25) is 0 Å². The minimum atomic E-state index is 0.0368. The van der Waals surface area contributed by atoms with Crippen molar-refractivity contribution in [1.82, 2.24) is 0 Å². The Balaban J connectivity index is 2.07. The highest BCUT2D eigenvalue weighted by Crippen LogP contribution is 2.32. The van der Waals surface area contributed by atoms with Crippen LogP contribution in [0.15, 0.2) is 57.5 Å². The summed E-state index contributed by atoms with van der Waals surface area (Å²) in [6.45, 7) is 10.5. The summed E-state index contributed by atoms with van der Waals surface area (Å²) < 4.78 is 8.52. The van der Waals surface area contributed by atoms with E-state index in [-0.39, 0.29) is 10.8 Å². The highest BCUT2D eigenvalue weighted by Gasteiger charge is 2.29. The smallest absolute Gasteiger partial charge is 0.0560 e. The Kier molecular flexibility index (Phi) is 7.30. The number of hydrogen-bond donors (Lipinski definition) is 0. The van der Waals surface area contributed by atoms with Gasteiger partial charge in [-0.05, 0) is 48.2 Å². The van der Waals surface area contributed by atoms with Gasteiger partial charge in [-0.15, -0.1) is 0 Å². The van der Waals surface area contributed by atoms with E-state index in [0.29, 0.717) is 0 Å². The Morgan fingerprint density at radius 2 is 1.00 bits per heavy atom.